The predicted molar refractivity (Wildman–Crippen MR) is 70.4 cm³/mol. The number of carbonyl (C=O) groups is 1. The SMILES string of the molecule is CC(C)(C)c1cc(O)c(C#N)cc1[N+](=O)[O-].NC(=O)O. The highest BCUT2D eigenvalue weighted by atomic mass is 16.6. The minimum absolute atomic E-state index is 0.0836. The zero-order chi connectivity index (χ0) is 16.1. The quantitative estimate of drug-likeness (QED) is 0.529. The van der Waals surface area contributed by atoms with Crippen LogP contribution in [0.5, 0.6) is 5.75 Å². The Morgan fingerprint density at radius 2 is 1.90 bits per heavy atom. The smallest absolute Gasteiger partial charge is 0.402 e. The molecule has 0 fully saturated rings. The number of amides is 1. The Kier molecular flexibility index (Phi) is 5.48. The topological polar surface area (TPSA) is 150 Å². The highest BCUT2D eigenvalue weighted by Crippen LogP contribution is 2.35. The maximum atomic E-state index is 10.9. The van der Waals surface area contributed by atoms with E-state index in [1.54, 1.807) is 26.8 Å². The number of phenolic OH excluding ortho intramolecular Hbond substituents is 1. The molecule has 1 rings (SSSR count). The highest BCUT2D eigenvalue weighted by Gasteiger charge is 2.26. The molecular weight excluding hydrogens is 266 g/mol. The van der Waals surface area contributed by atoms with Crippen molar-refractivity contribution in [2.24, 2.45) is 5.73 Å². The van der Waals surface area contributed by atoms with Gasteiger partial charge in [0, 0.05) is 11.6 Å². The Bertz CT molecular complexity index is 566. The van der Waals surface area contributed by atoms with Gasteiger partial charge in [-0.25, -0.2) is 4.79 Å². The summed E-state index contributed by atoms with van der Waals surface area (Å²) >= 11 is 0. The Balaban J connectivity index is 0.000000796. The molecule has 0 aliphatic carbocycles. The van der Waals surface area contributed by atoms with Gasteiger partial charge in [-0.1, -0.05) is 20.8 Å². The summed E-state index contributed by atoms with van der Waals surface area (Å²) in [5.41, 5.74) is 3.75. The molecule has 0 heterocycles. The minimum atomic E-state index is -1.33. The number of rotatable bonds is 1. The number of nitriles is 1. The maximum Gasteiger partial charge on any atom is 0.402 e. The molecule has 0 aliphatic heterocycles. The van der Waals surface area contributed by atoms with Gasteiger partial charge in [-0.2, -0.15) is 5.26 Å². The molecule has 0 atom stereocenters. The summed E-state index contributed by atoms with van der Waals surface area (Å²) in [5.74, 6) is -0.224. The molecule has 8 nitrogen and oxygen atoms in total. The summed E-state index contributed by atoms with van der Waals surface area (Å²) in [7, 11) is 0. The van der Waals surface area contributed by atoms with Gasteiger partial charge in [0.2, 0.25) is 0 Å². The molecule has 0 aliphatic rings. The molecule has 1 amide bonds. The number of hydrogen-bond donors (Lipinski definition) is 3. The fraction of sp³-hybridized carbons (Fsp3) is 0.333. The van der Waals surface area contributed by atoms with Gasteiger partial charge < -0.3 is 15.9 Å². The Morgan fingerprint density at radius 1 is 1.45 bits per heavy atom. The van der Waals surface area contributed by atoms with E-state index in [4.69, 9.17) is 15.2 Å². The average Bonchev–Trinajstić information content (AvgIpc) is 2.26. The molecule has 108 valence electrons. The summed E-state index contributed by atoms with van der Waals surface area (Å²) < 4.78 is 0. The van der Waals surface area contributed by atoms with E-state index in [0.29, 0.717) is 5.56 Å². The van der Waals surface area contributed by atoms with Crippen LogP contribution in [0, 0.1) is 21.4 Å². The van der Waals surface area contributed by atoms with Gasteiger partial charge in [-0.05, 0) is 11.5 Å². The van der Waals surface area contributed by atoms with Gasteiger partial charge in [-0.15, -0.1) is 0 Å². The third kappa shape index (κ3) is 4.81. The molecule has 1 aromatic carbocycles. The lowest BCUT2D eigenvalue weighted by Gasteiger charge is -2.19. The van der Waals surface area contributed by atoms with Gasteiger partial charge in [-0.3, -0.25) is 10.1 Å². The van der Waals surface area contributed by atoms with Crippen molar-refractivity contribution in [1.82, 2.24) is 0 Å². The van der Waals surface area contributed by atoms with E-state index in [2.05, 4.69) is 5.73 Å². The van der Waals surface area contributed by atoms with E-state index in [-0.39, 0.29) is 17.0 Å². The lowest BCUT2D eigenvalue weighted by Crippen LogP contribution is -2.14. The van der Waals surface area contributed by atoms with Crippen molar-refractivity contribution in [3.63, 3.8) is 0 Å². The number of aromatic hydroxyl groups is 1. The first-order chi connectivity index (χ1) is 9.00. The predicted octanol–water partition coefficient (Wildman–Crippen LogP) is 2.09. The third-order valence-corrected chi connectivity index (χ3v) is 2.24. The van der Waals surface area contributed by atoms with Crippen LogP contribution >= 0.6 is 0 Å². The first-order valence-electron chi connectivity index (χ1n) is 5.41. The molecule has 0 unspecified atom stereocenters. The zero-order valence-electron chi connectivity index (χ0n) is 11.2. The number of benzene rings is 1. The molecule has 20 heavy (non-hydrogen) atoms. The van der Waals surface area contributed by atoms with Crippen molar-refractivity contribution in [1.29, 1.82) is 5.26 Å². The third-order valence-electron chi connectivity index (χ3n) is 2.24. The molecule has 0 bridgehead atoms. The minimum Gasteiger partial charge on any atom is -0.507 e. The van der Waals surface area contributed by atoms with Crippen LogP contribution in [-0.4, -0.2) is 21.2 Å². The molecule has 4 N–H and O–H groups in total. The molecular formula is C12H15N3O5. The maximum absolute atomic E-state index is 10.9. The monoisotopic (exact) mass is 281 g/mol. The number of carboxylic acid groups (broad SMARTS) is 1. The van der Waals surface area contributed by atoms with E-state index in [1.807, 2.05) is 0 Å². The number of phenols is 1. The van der Waals surface area contributed by atoms with Crippen molar-refractivity contribution in [3.05, 3.63) is 33.4 Å². The van der Waals surface area contributed by atoms with Crippen LogP contribution in [0.4, 0.5) is 10.5 Å². The Morgan fingerprint density at radius 3 is 2.20 bits per heavy atom. The van der Waals surface area contributed by atoms with Crippen LogP contribution in [0.1, 0.15) is 31.9 Å². The van der Waals surface area contributed by atoms with E-state index >= 15 is 0 Å². The lowest BCUT2D eigenvalue weighted by atomic mass is 9.85. The summed E-state index contributed by atoms with van der Waals surface area (Å²) in [6, 6.07) is 4.11. The van der Waals surface area contributed by atoms with Gasteiger partial charge in [0.1, 0.15) is 17.4 Å². The summed E-state index contributed by atoms with van der Waals surface area (Å²) in [5, 5.41) is 36.3. The second-order valence-electron chi connectivity index (χ2n) is 4.84. The van der Waals surface area contributed by atoms with Crippen LogP contribution < -0.4 is 5.73 Å². The van der Waals surface area contributed by atoms with E-state index in [9.17, 15) is 15.2 Å². The largest absolute Gasteiger partial charge is 0.507 e. The van der Waals surface area contributed by atoms with Crippen LogP contribution in [0.2, 0.25) is 0 Å². The number of hydrogen-bond acceptors (Lipinski definition) is 5. The van der Waals surface area contributed by atoms with Gasteiger partial charge >= 0.3 is 6.09 Å². The number of nitrogens with zero attached hydrogens (tertiary/aromatic N) is 2. The molecule has 0 spiro atoms. The van der Waals surface area contributed by atoms with E-state index in [1.165, 1.54) is 6.07 Å². The van der Waals surface area contributed by atoms with Gasteiger partial charge in [0.05, 0.1) is 4.92 Å². The number of nitro groups is 1. The first-order valence-corrected chi connectivity index (χ1v) is 5.41. The lowest BCUT2D eigenvalue weighted by molar-refractivity contribution is -0.386. The second kappa shape index (κ2) is 6.38. The number of primary amides is 1. The van der Waals surface area contributed by atoms with Crippen LogP contribution in [0.25, 0.3) is 0 Å². The Hall–Kier alpha value is -2.82. The molecule has 0 radical (unpaired) electrons. The van der Waals surface area contributed by atoms with Crippen molar-refractivity contribution in [2.45, 2.75) is 26.2 Å². The van der Waals surface area contributed by atoms with Crippen LogP contribution in [0.3, 0.4) is 0 Å². The van der Waals surface area contributed by atoms with Gasteiger partial charge in [0.15, 0.2) is 0 Å². The van der Waals surface area contributed by atoms with Crippen LogP contribution in [-0.2, 0) is 5.41 Å². The highest BCUT2D eigenvalue weighted by molar-refractivity contribution is 5.61. The molecule has 1 aromatic rings. The van der Waals surface area contributed by atoms with E-state index < -0.39 is 16.4 Å². The van der Waals surface area contributed by atoms with E-state index in [0.717, 1.165) is 6.07 Å². The normalized spacial score (nSPS) is 9.90. The van der Waals surface area contributed by atoms with Gasteiger partial charge in [0.25, 0.3) is 5.69 Å². The van der Waals surface area contributed by atoms with Crippen molar-refractivity contribution < 1.29 is 19.9 Å². The summed E-state index contributed by atoms with van der Waals surface area (Å²) in [4.78, 5) is 19.1. The average molecular weight is 281 g/mol. The first kappa shape index (κ1) is 17.2. The molecule has 0 aromatic heterocycles. The molecule has 8 heteroatoms. The molecule has 0 saturated carbocycles. The van der Waals surface area contributed by atoms with Crippen molar-refractivity contribution in [2.75, 3.05) is 0 Å². The summed E-state index contributed by atoms with van der Waals surface area (Å²) in [6.07, 6.45) is -1.33. The number of nitro benzene ring substituents is 1. The Labute approximate surface area is 115 Å². The van der Waals surface area contributed by atoms with Crippen LogP contribution in [0.15, 0.2) is 12.1 Å². The fourth-order valence-corrected chi connectivity index (χ4v) is 1.42. The number of nitrogens with two attached hydrogens (primary N) is 1. The van der Waals surface area contributed by atoms with Crippen molar-refractivity contribution >= 4 is 11.8 Å². The fourth-order valence-electron chi connectivity index (χ4n) is 1.42. The second-order valence-corrected chi connectivity index (χ2v) is 4.84. The zero-order valence-corrected chi connectivity index (χ0v) is 11.2. The summed E-state index contributed by atoms with van der Waals surface area (Å²) in [6.45, 7) is 5.42. The standard InChI is InChI=1S/C11H12N2O3.CH3NO2/c1-11(2,3)8-5-10(14)7(6-12)4-9(8)13(15)16;2-1(3)4/h4-5,14H,1-3H3;2H2,(H,3,4). The molecule has 0 saturated heterocycles. The van der Waals surface area contributed by atoms with Crippen molar-refractivity contribution in [3.8, 4) is 11.8 Å².